The van der Waals surface area contributed by atoms with Crippen LogP contribution in [-0.4, -0.2) is 31.0 Å². The van der Waals surface area contributed by atoms with Crippen LogP contribution in [0, 0.1) is 5.92 Å². The van der Waals surface area contributed by atoms with Crippen LogP contribution in [0.4, 0.5) is 0 Å². The molecule has 0 saturated heterocycles. The summed E-state index contributed by atoms with van der Waals surface area (Å²) in [4.78, 5) is 14.2. The van der Waals surface area contributed by atoms with Gasteiger partial charge in [-0.2, -0.15) is 0 Å². The van der Waals surface area contributed by atoms with Gasteiger partial charge in [-0.1, -0.05) is 18.6 Å². The predicted octanol–water partition coefficient (Wildman–Crippen LogP) is 2.59. The average Bonchev–Trinajstić information content (AvgIpc) is 2.47. The molecule has 0 spiro atoms. The van der Waals surface area contributed by atoms with Crippen molar-refractivity contribution in [1.82, 2.24) is 4.90 Å². The van der Waals surface area contributed by atoms with E-state index < -0.39 is 0 Å². The maximum absolute atomic E-state index is 12.4. The van der Waals surface area contributed by atoms with E-state index >= 15 is 0 Å². The smallest absolute Gasteiger partial charge is 0.225 e. The van der Waals surface area contributed by atoms with Crippen LogP contribution in [0.15, 0.2) is 24.3 Å². The molecule has 0 heterocycles. The summed E-state index contributed by atoms with van der Waals surface area (Å²) in [5, 5.41) is 0. The Morgan fingerprint density at radius 3 is 2.57 bits per heavy atom. The number of nitrogens with two attached hydrogens (primary N) is 1. The van der Waals surface area contributed by atoms with E-state index in [1.807, 2.05) is 36.2 Å². The Morgan fingerprint density at radius 2 is 2.00 bits per heavy atom. The molecule has 1 aromatic rings. The van der Waals surface area contributed by atoms with Crippen molar-refractivity contribution in [2.45, 2.75) is 38.3 Å². The predicted molar refractivity (Wildman–Crippen MR) is 86.6 cm³/mol. The van der Waals surface area contributed by atoms with E-state index in [0.717, 1.165) is 37.0 Å². The van der Waals surface area contributed by atoms with Crippen molar-refractivity contribution in [3.8, 4) is 5.75 Å². The lowest BCUT2D eigenvalue weighted by molar-refractivity contribution is -0.135. The van der Waals surface area contributed by atoms with E-state index in [0.29, 0.717) is 6.54 Å². The minimum Gasteiger partial charge on any atom is -0.497 e. The number of halogens is 1. The molecule has 2 unspecified atom stereocenters. The molecule has 0 radical (unpaired) electrons. The fourth-order valence-electron chi connectivity index (χ4n) is 2.85. The second-order valence-electron chi connectivity index (χ2n) is 5.67. The van der Waals surface area contributed by atoms with Gasteiger partial charge in [0.25, 0.3) is 0 Å². The SMILES string of the molecule is COc1ccc(CN(C)C(=O)C2CCCC(N)C2)cc1.Cl. The van der Waals surface area contributed by atoms with E-state index in [4.69, 9.17) is 10.5 Å². The average molecular weight is 313 g/mol. The minimum absolute atomic E-state index is 0. The van der Waals surface area contributed by atoms with Gasteiger partial charge in [-0.15, -0.1) is 12.4 Å². The molecule has 118 valence electrons. The summed E-state index contributed by atoms with van der Waals surface area (Å²) in [6, 6.07) is 8.02. The second-order valence-corrected chi connectivity index (χ2v) is 5.67. The first-order valence-electron chi connectivity index (χ1n) is 7.23. The Kier molecular flexibility index (Phi) is 6.99. The molecule has 2 rings (SSSR count). The highest BCUT2D eigenvalue weighted by molar-refractivity contribution is 5.85. The Hall–Kier alpha value is -1.26. The molecule has 0 aromatic heterocycles. The minimum atomic E-state index is 0. The standard InChI is InChI=1S/C16H24N2O2.ClH/c1-18(11-12-6-8-15(20-2)9-7-12)16(19)13-4-3-5-14(17)10-13;/h6-9,13-14H,3-5,10-11,17H2,1-2H3;1H. The molecule has 0 bridgehead atoms. The summed E-state index contributed by atoms with van der Waals surface area (Å²) in [5.41, 5.74) is 7.08. The zero-order chi connectivity index (χ0) is 14.5. The van der Waals surface area contributed by atoms with Crippen molar-refractivity contribution in [2.75, 3.05) is 14.2 Å². The van der Waals surface area contributed by atoms with Gasteiger partial charge in [-0.05, 0) is 37.0 Å². The maximum Gasteiger partial charge on any atom is 0.225 e. The van der Waals surface area contributed by atoms with Crippen LogP contribution < -0.4 is 10.5 Å². The lowest BCUT2D eigenvalue weighted by Gasteiger charge is -2.29. The van der Waals surface area contributed by atoms with Crippen LogP contribution in [0.5, 0.6) is 5.75 Å². The van der Waals surface area contributed by atoms with Crippen molar-refractivity contribution >= 4 is 18.3 Å². The second kappa shape index (κ2) is 8.25. The summed E-state index contributed by atoms with van der Waals surface area (Å²) in [5.74, 6) is 1.15. The molecule has 4 nitrogen and oxygen atoms in total. The van der Waals surface area contributed by atoms with Gasteiger partial charge >= 0.3 is 0 Å². The van der Waals surface area contributed by atoms with Gasteiger partial charge in [0.1, 0.15) is 5.75 Å². The van der Waals surface area contributed by atoms with Gasteiger partial charge in [-0.3, -0.25) is 4.79 Å². The summed E-state index contributed by atoms with van der Waals surface area (Å²) in [6.45, 7) is 0.633. The first-order chi connectivity index (χ1) is 9.60. The molecule has 2 N–H and O–H groups in total. The fraction of sp³-hybridized carbons (Fsp3) is 0.562. The van der Waals surface area contributed by atoms with E-state index in [-0.39, 0.29) is 30.3 Å². The number of rotatable bonds is 4. The van der Waals surface area contributed by atoms with E-state index in [9.17, 15) is 4.79 Å². The first-order valence-corrected chi connectivity index (χ1v) is 7.23. The molecule has 5 heteroatoms. The molecule has 1 fully saturated rings. The molecule has 2 atom stereocenters. The highest BCUT2D eigenvalue weighted by Gasteiger charge is 2.27. The summed E-state index contributed by atoms with van der Waals surface area (Å²) >= 11 is 0. The number of benzene rings is 1. The first kappa shape index (κ1) is 17.8. The van der Waals surface area contributed by atoms with Crippen molar-refractivity contribution < 1.29 is 9.53 Å². The fourth-order valence-corrected chi connectivity index (χ4v) is 2.85. The molecule has 21 heavy (non-hydrogen) atoms. The van der Waals surface area contributed by atoms with Gasteiger partial charge in [0.05, 0.1) is 7.11 Å². The zero-order valence-electron chi connectivity index (χ0n) is 12.7. The lowest BCUT2D eigenvalue weighted by Crippen LogP contribution is -2.38. The Balaban J connectivity index is 0.00000220. The molecule has 1 amide bonds. The van der Waals surface area contributed by atoms with Gasteiger partial charge in [0.15, 0.2) is 0 Å². The number of hydrogen-bond donors (Lipinski definition) is 1. The van der Waals surface area contributed by atoms with Crippen LogP contribution in [-0.2, 0) is 11.3 Å². The number of carbonyl (C=O) groups excluding carboxylic acids is 1. The Labute approximate surface area is 133 Å². The Morgan fingerprint density at radius 1 is 1.33 bits per heavy atom. The van der Waals surface area contributed by atoms with Crippen molar-refractivity contribution in [3.63, 3.8) is 0 Å². The van der Waals surface area contributed by atoms with E-state index in [1.165, 1.54) is 0 Å². The number of hydrogen-bond acceptors (Lipinski definition) is 3. The number of carbonyl (C=O) groups is 1. The van der Waals surface area contributed by atoms with Crippen molar-refractivity contribution in [1.29, 1.82) is 0 Å². The van der Waals surface area contributed by atoms with E-state index in [1.54, 1.807) is 7.11 Å². The number of ether oxygens (including phenoxy) is 1. The molecule has 1 aliphatic rings. The van der Waals surface area contributed by atoms with Gasteiger partial charge in [0, 0.05) is 25.6 Å². The number of nitrogens with zero attached hydrogens (tertiary/aromatic N) is 1. The molecule has 1 aromatic carbocycles. The third-order valence-corrected chi connectivity index (χ3v) is 4.02. The van der Waals surface area contributed by atoms with Gasteiger partial charge in [-0.25, -0.2) is 0 Å². The van der Waals surface area contributed by atoms with Crippen LogP contribution in [0.3, 0.4) is 0 Å². The summed E-state index contributed by atoms with van der Waals surface area (Å²) < 4.78 is 5.13. The van der Waals surface area contributed by atoms with Crippen LogP contribution in [0.2, 0.25) is 0 Å². The largest absolute Gasteiger partial charge is 0.497 e. The molecule has 1 saturated carbocycles. The molecule has 1 aliphatic carbocycles. The normalized spacial score (nSPS) is 21.3. The third kappa shape index (κ3) is 4.90. The highest BCUT2D eigenvalue weighted by Crippen LogP contribution is 2.25. The summed E-state index contributed by atoms with van der Waals surface area (Å²) in [6.07, 6.45) is 3.91. The topological polar surface area (TPSA) is 55.6 Å². The van der Waals surface area contributed by atoms with Gasteiger partial charge in [0.2, 0.25) is 5.91 Å². The summed E-state index contributed by atoms with van der Waals surface area (Å²) in [7, 11) is 3.52. The van der Waals surface area contributed by atoms with Crippen molar-refractivity contribution in [3.05, 3.63) is 29.8 Å². The van der Waals surface area contributed by atoms with Crippen molar-refractivity contribution in [2.24, 2.45) is 11.7 Å². The zero-order valence-corrected chi connectivity index (χ0v) is 13.6. The molecular weight excluding hydrogens is 288 g/mol. The number of methoxy groups -OCH3 is 1. The highest BCUT2D eigenvalue weighted by atomic mass is 35.5. The van der Waals surface area contributed by atoms with E-state index in [2.05, 4.69) is 0 Å². The number of amides is 1. The van der Waals surface area contributed by atoms with Crippen LogP contribution in [0.25, 0.3) is 0 Å². The third-order valence-electron chi connectivity index (χ3n) is 4.02. The van der Waals surface area contributed by atoms with Gasteiger partial charge < -0.3 is 15.4 Å². The quantitative estimate of drug-likeness (QED) is 0.929. The lowest BCUT2D eigenvalue weighted by atomic mass is 9.85. The van der Waals surface area contributed by atoms with Crippen LogP contribution >= 0.6 is 12.4 Å². The molecule has 0 aliphatic heterocycles. The Bertz CT molecular complexity index is 450. The monoisotopic (exact) mass is 312 g/mol. The molecular formula is C16H25ClN2O2. The maximum atomic E-state index is 12.4. The van der Waals surface area contributed by atoms with Crippen LogP contribution in [0.1, 0.15) is 31.2 Å².